The quantitative estimate of drug-likeness (QED) is 0.434. The Kier molecular flexibility index (Phi) is 4.97. The first kappa shape index (κ1) is 13.6. The van der Waals surface area contributed by atoms with Gasteiger partial charge in [0.2, 0.25) is 5.65 Å². The SMILES string of the molecule is CCCCCCCOc1nc(NN)cn2ccnc12. The van der Waals surface area contributed by atoms with Crippen molar-refractivity contribution in [1.82, 2.24) is 14.4 Å². The minimum Gasteiger partial charge on any atom is -0.475 e. The van der Waals surface area contributed by atoms with Gasteiger partial charge in [-0.2, -0.15) is 4.98 Å². The highest BCUT2D eigenvalue weighted by molar-refractivity contribution is 5.53. The molecule has 0 aromatic carbocycles. The smallest absolute Gasteiger partial charge is 0.260 e. The summed E-state index contributed by atoms with van der Waals surface area (Å²) in [5, 5.41) is 0. The van der Waals surface area contributed by atoms with Crippen LogP contribution in [0.5, 0.6) is 5.88 Å². The Morgan fingerprint density at radius 3 is 2.95 bits per heavy atom. The molecule has 0 spiro atoms. The largest absolute Gasteiger partial charge is 0.475 e. The van der Waals surface area contributed by atoms with Crippen molar-refractivity contribution in [3.8, 4) is 5.88 Å². The molecule has 6 heteroatoms. The van der Waals surface area contributed by atoms with Gasteiger partial charge in [-0.05, 0) is 6.42 Å². The van der Waals surface area contributed by atoms with E-state index in [1.165, 1.54) is 25.7 Å². The molecule has 0 bridgehead atoms. The van der Waals surface area contributed by atoms with Crippen molar-refractivity contribution in [2.45, 2.75) is 39.0 Å². The molecule has 0 fully saturated rings. The van der Waals surface area contributed by atoms with Gasteiger partial charge in [-0.3, -0.25) is 4.40 Å². The van der Waals surface area contributed by atoms with Crippen LogP contribution in [0.1, 0.15) is 39.0 Å². The molecule has 0 atom stereocenters. The average Bonchev–Trinajstić information content (AvgIpc) is 2.90. The number of imidazole rings is 1. The van der Waals surface area contributed by atoms with Crippen molar-refractivity contribution in [2.75, 3.05) is 12.0 Å². The lowest BCUT2D eigenvalue weighted by Crippen LogP contribution is -2.11. The normalized spacial score (nSPS) is 10.8. The topological polar surface area (TPSA) is 77.5 Å². The van der Waals surface area contributed by atoms with E-state index in [0.29, 0.717) is 24.0 Å². The Morgan fingerprint density at radius 2 is 2.16 bits per heavy atom. The summed E-state index contributed by atoms with van der Waals surface area (Å²) in [5.74, 6) is 6.47. The minimum atomic E-state index is 0.524. The summed E-state index contributed by atoms with van der Waals surface area (Å²) in [7, 11) is 0. The van der Waals surface area contributed by atoms with E-state index in [-0.39, 0.29) is 0 Å². The van der Waals surface area contributed by atoms with Crippen molar-refractivity contribution >= 4 is 11.5 Å². The first-order valence-electron chi connectivity index (χ1n) is 6.78. The Hall–Kier alpha value is -1.82. The zero-order valence-corrected chi connectivity index (χ0v) is 11.3. The van der Waals surface area contributed by atoms with Gasteiger partial charge in [-0.25, -0.2) is 10.8 Å². The molecular weight excluding hydrogens is 242 g/mol. The van der Waals surface area contributed by atoms with E-state index in [4.69, 9.17) is 10.6 Å². The first-order chi connectivity index (χ1) is 9.35. The van der Waals surface area contributed by atoms with E-state index in [1.807, 2.05) is 10.6 Å². The van der Waals surface area contributed by atoms with Gasteiger partial charge in [0.05, 0.1) is 12.8 Å². The lowest BCUT2D eigenvalue weighted by atomic mass is 10.2. The number of fused-ring (bicyclic) bond motifs is 1. The zero-order valence-electron chi connectivity index (χ0n) is 11.3. The van der Waals surface area contributed by atoms with Crippen LogP contribution in [-0.2, 0) is 0 Å². The van der Waals surface area contributed by atoms with Gasteiger partial charge >= 0.3 is 0 Å². The van der Waals surface area contributed by atoms with Crippen LogP contribution in [0, 0.1) is 0 Å². The highest BCUT2D eigenvalue weighted by Gasteiger charge is 2.08. The van der Waals surface area contributed by atoms with Gasteiger partial charge in [0.25, 0.3) is 5.88 Å². The van der Waals surface area contributed by atoms with Crippen LogP contribution in [-0.4, -0.2) is 21.0 Å². The number of anilines is 1. The van der Waals surface area contributed by atoms with Crippen LogP contribution in [0.2, 0.25) is 0 Å². The van der Waals surface area contributed by atoms with Crippen LogP contribution < -0.4 is 16.0 Å². The lowest BCUT2D eigenvalue weighted by molar-refractivity contribution is 0.295. The van der Waals surface area contributed by atoms with Crippen LogP contribution >= 0.6 is 0 Å². The number of aromatic nitrogens is 3. The Labute approximate surface area is 113 Å². The van der Waals surface area contributed by atoms with E-state index in [9.17, 15) is 0 Å². The lowest BCUT2D eigenvalue weighted by Gasteiger charge is -2.08. The second-order valence-electron chi connectivity index (χ2n) is 4.50. The number of hydrogen-bond acceptors (Lipinski definition) is 5. The van der Waals surface area contributed by atoms with E-state index >= 15 is 0 Å². The maximum Gasteiger partial charge on any atom is 0.260 e. The molecule has 0 aliphatic carbocycles. The standard InChI is InChI=1S/C13H21N5O/c1-2-3-4-5-6-9-19-13-12-15-7-8-18(12)10-11(16-13)17-14/h7-8,10,17H,2-6,9,14H2,1H3. The molecule has 0 amide bonds. The summed E-state index contributed by atoms with van der Waals surface area (Å²) < 4.78 is 7.55. The van der Waals surface area contributed by atoms with Gasteiger partial charge in [0.1, 0.15) is 0 Å². The highest BCUT2D eigenvalue weighted by atomic mass is 16.5. The van der Waals surface area contributed by atoms with Gasteiger partial charge in [0.15, 0.2) is 5.82 Å². The third-order valence-electron chi connectivity index (χ3n) is 2.98. The summed E-state index contributed by atoms with van der Waals surface area (Å²) in [6, 6.07) is 0. The second kappa shape index (κ2) is 6.94. The summed E-state index contributed by atoms with van der Waals surface area (Å²) >= 11 is 0. The number of nitrogen functional groups attached to an aromatic ring is 1. The Morgan fingerprint density at radius 1 is 1.32 bits per heavy atom. The predicted molar refractivity (Wildman–Crippen MR) is 75.1 cm³/mol. The summed E-state index contributed by atoms with van der Waals surface area (Å²) in [6.45, 7) is 2.87. The molecule has 19 heavy (non-hydrogen) atoms. The molecule has 2 aromatic rings. The molecule has 3 N–H and O–H groups in total. The maximum absolute atomic E-state index is 5.71. The van der Waals surface area contributed by atoms with Crippen LogP contribution in [0.3, 0.4) is 0 Å². The number of hydrogen-bond donors (Lipinski definition) is 2. The fraction of sp³-hybridized carbons (Fsp3) is 0.538. The molecule has 0 saturated heterocycles. The Balaban J connectivity index is 1.93. The van der Waals surface area contributed by atoms with E-state index < -0.39 is 0 Å². The molecule has 104 valence electrons. The highest BCUT2D eigenvalue weighted by Crippen LogP contribution is 2.18. The number of nitrogens with zero attached hydrogens (tertiary/aromatic N) is 3. The molecular formula is C13H21N5O. The third-order valence-corrected chi connectivity index (χ3v) is 2.98. The third kappa shape index (κ3) is 3.57. The molecule has 2 rings (SSSR count). The predicted octanol–water partition coefficient (Wildman–Crippen LogP) is 2.36. The van der Waals surface area contributed by atoms with Crippen molar-refractivity contribution < 1.29 is 4.74 Å². The van der Waals surface area contributed by atoms with Crippen LogP contribution in [0.4, 0.5) is 5.82 Å². The van der Waals surface area contributed by atoms with Crippen molar-refractivity contribution in [2.24, 2.45) is 5.84 Å². The molecule has 0 radical (unpaired) electrons. The molecule has 0 aliphatic rings. The van der Waals surface area contributed by atoms with Gasteiger partial charge in [-0.1, -0.05) is 32.6 Å². The number of ether oxygens (including phenoxy) is 1. The van der Waals surface area contributed by atoms with E-state index in [1.54, 1.807) is 12.4 Å². The van der Waals surface area contributed by atoms with Gasteiger partial charge in [0, 0.05) is 12.4 Å². The fourth-order valence-corrected chi connectivity index (χ4v) is 1.94. The number of nitrogens with two attached hydrogens (primary N) is 1. The van der Waals surface area contributed by atoms with E-state index in [2.05, 4.69) is 22.3 Å². The van der Waals surface area contributed by atoms with Crippen LogP contribution in [0.25, 0.3) is 5.65 Å². The molecule has 2 aromatic heterocycles. The summed E-state index contributed by atoms with van der Waals surface area (Å²) in [4.78, 5) is 8.51. The number of rotatable bonds is 8. The van der Waals surface area contributed by atoms with Crippen molar-refractivity contribution in [3.05, 3.63) is 18.6 Å². The monoisotopic (exact) mass is 263 g/mol. The van der Waals surface area contributed by atoms with Gasteiger partial charge < -0.3 is 10.2 Å². The summed E-state index contributed by atoms with van der Waals surface area (Å²) in [6.07, 6.45) is 11.4. The molecule has 6 nitrogen and oxygen atoms in total. The summed E-state index contributed by atoms with van der Waals surface area (Å²) in [5.41, 5.74) is 3.24. The average molecular weight is 263 g/mol. The van der Waals surface area contributed by atoms with Crippen LogP contribution in [0.15, 0.2) is 18.6 Å². The minimum absolute atomic E-state index is 0.524. The fourth-order valence-electron chi connectivity index (χ4n) is 1.94. The molecule has 0 aliphatic heterocycles. The van der Waals surface area contributed by atoms with Crippen molar-refractivity contribution in [1.29, 1.82) is 0 Å². The van der Waals surface area contributed by atoms with Gasteiger partial charge in [-0.15, -0.1) is 0 Å². The number of hydrazine groups is 1. The Bertz CT molecular complexity index is 511. The molecule has 0 saturated carbocycles. The number of unbranched alkanes of at least 4 members (excludes halogenated alkanes) is 4. The van der Waals surface area contributed by atoms with E-state index in [0.717, 1.165) is 6.42 Å². The van der Waals surface area contributed by atoms with Crippen molar-refractivity contribution in [3.63, 3.8) is 0 Å². The maximum atomic E-state index is 5.71. The molecule has 2 heterocycles. The number of nitrogens with one attached hydrogen (secondary N) is 1. The second-order valence-corrected chi connectivity index (χ2v) is 4.50. The molecule has 0 unspecified atom stereocenters. The first-order valence-corrected chi connectivity index (χ1v) is 6.78. The zero-order chi connectivity index (χ0) is 13.5.